The van der Waals surface area contributed by atoms with Crippen molar-refractivity contribution >= 4 is 23.5 Å². The Bertz CT molecular complexity index is 468. The van der Waals surface area contributed by atoms with E-state index in [1.54, 1.807) is 10.7 Å². The number of nitrogen functional groups attached to an aromatic ring is 1. The van der Waals surface area contributed by atoms with E-state index in [-0.39, 0.29) is 18.5 Å². The van der Waals surface area contributed by atoms with Crippen LogP contribution >= 0.6 is 11.8 Å². The smallest absolute Gasteiger partial charge is 0.242 e. The number of aromatic nitrogens is 2. The van der Waals surface area contributed by atoms with Crippen LogP contribution in [0.2, 0.25) is 0 Å². The van der Waals surface area contributed by atoms with E-state index < -0.39 is 0 Å². The average Bonchev–Trinajstić information content (AvgIpc) is 2.76. The lowest BCUT2D eigenvalue weighted by molar-refractivity contribution is -0.122. The van der Waals surface area contributed by atoms with Crippen molar-refractivity contribution in [1.82, 2.24) is 20.0 Å². The number of nitrogens with one attached hydrogen (secondary N) is 1. The van der Waals surface area contributed by atoms with Crippen LogP contribution in [0, 0.1) is 6.92 Å². The maximum absolute atomic E-state index is 12.1. The van der Waals surface area contributed by atoms with Crippen molar-refractivity contribution < 1.29 is 4.79 Å². The van der Waals surface area contributed by atoms with Crippen molar-refractivity contribution in [2.75, 3.05) is 37.4 Å². The van der Waals surface area contributed by atoms with E-state index in [9.17, 15) is 4.79 Å². The minimum absolute atomic E-state index is 0.00707. The molecule has 21 heavy (non-hydrogen) atoms. The fourth-order valence-corrected chi connectivity index (χ4v) is 3.06. The van der Waals surface area contributed by atoms with Crippen molar-refractivity contribution in [3.05, 3.63) is 11.8 Å². The zero-order chi connectivity index (χ0) is 15.2. The summed E-state index contributed by atoms with van der Waals surface area (Å²) in [6.45, 7) is 5.34. The molecule has 0 aromatic carbocycles. The molecule has 0 bridgehead atoms. The Morgan fingerprint density at radius 3 is 2.81 bits per heavy atom. The monoisotopic (exact) mass is 311 g/mol. The van der Waals surface area contributed by atoms with Gasteiger partial charge in [0.15, 0.2) is 0 Å². The lowest BCUT2D eigenvalue weighted by atomic mass is 10.1. The van der Waals surface area contributed by atoms with Gasteiger partial charge in [0, 0.05) is 37.5 Å². The lowest BCUT2D eigenvalue weighted by Gasteiger charge is -2.32. The molecule has 0 unspecified atom stereocenters. The maximum atomic E-state index is 12.1. The maximum Gasteiger partial charge on any atom is 0.242 e. The van der Waals surface area contributed by atoms with Crippen LogP contribution in [0.3, 0.4) is 0 Å². The van der Waals surface area contributed by atoms with Gasteiger partial charge in [-0.3, -0.25) is 4.79 Å². The summed E-state index contributed by atoms with van der Waals surface area (Å²) in [5, 5.41) is 7.30. The molecule has 3 N–H and O–H groups in total. The predicted octanol–water partition coefficient (Wildman–Crippen LogP) is 0.717. The number of amides is 1. The van der Waals surface area contributed by atoms with Crippen LogP contribution < -0.4 is 11.1 Å². The molecule has 0 radical (unpaired) electrons. The van der Waals surface area contributed by atoms with E-state index in [0.29, 0.717) is 5.82 Å². The summed E-state index contributed by atoms with van der Waals surface area (Å²) in [5.41, 5.74) is 6.63. The fraction of sp³-hybridized carbons (Fsp3) is 0.714. The molecule has 7 heteroatoms. The number of nitrogens with two attached hydrogens (primary N) is 1. The predicted molar refractivity (Wildman–Crippen MR) is 87.4 cm³/mol. The van der Waals surface area contributed by atoms with Crippen molar-refractivity contribution in [3.8, 4) is 0 Å². The molecular formula is C14H25N5OS. The Hall–Kier alpha value is -1.21. The minimum Gasteiger partial charge on any atom is -0.384 e. The van der Waals surface area contributed by atoms with Gasteiger partial charge in [0.2, 0.25) is 5.91 Å². The number of carbonyl (C=O) groups is 1. The quantitative estimate of drug-likeness (QED) is 0.809. The molecule has 2 rings (SSSR count). The van der Waals surface area contributed by atoms with Crippen LogP contribution in [0.5, 0.6) is 0 Å². The summed E-state index contributed by atoms with van der Waals surface area (Å²) in [5.74, 6) is 1.71. The normalized spacial score (nSPS) is 17.0. The van der Waals surface area contributed by atoms with Crippen LogP contribution in [-0.4, -0.2) is 58.3 Å². The van der Waals surface area contributed by atoms with Gasteiger partial charge in [-0.15, -0.1) is 0 Å². The van der Waals surface area contributed by atoms with Gasteiger partial charge in [-0.25, -0.2) is 4.68 Å². The number of likely N-dealkylation sites (tertiary alicyclic amines) is 1. The second-order valence-corrected chi connectivity index (χ2v) is 6.53. The summed E-state index contributed by atoms with van der Waals surface area (Å²) in [6, 6.07) is 2.05. The summed E-state index contributed by atoms with van der Waals surface area (Å²) in [4.78, 5) is 14.5. The van der Waals surface area contributed by atoms with Crippen LogP contribution in [-0.2, 0) is 11.3 Å². The summed E-state index contributed by atoms with van der Waals surface area (Å²) in [6.07, 6.45) is 4.18. The van der Waals surface area contributed by atoms with E-state index in [2.05, 4.69) is 21.6 Å². The zero-order valence-corrected chi connectivity index (χ0v) is 13.7. The number of aryl methyl sites for hydroxylation is 1. The third-order valence-corrected chi connectivity index (χ3v) is 4.38. The molecule has 0 saturated carbocycles. The van der Waals surface area contributed by atoms with E-state index in [1.807, 2.05) is 18.7 Å². The Labute approximate surface area is 130 Å². The zero-order valence-electron chi connectivity index (χ0n) is 12.8. The van der Waals surface area contributed by atoms with Gasteiger partial charge in [0.25, 0.3) is 0 Å². The van der Waals surface area contributed by atoms with Gasteiger partial charge >= 0.3 is 0 Å². The molecule has 1 aliphatic heterocycles. The summed E-state index contributed by atoms with van der Waals surface area (Å²) < 4.78 is 1.55. The highest BCUT2D eigenvalue weighted by molar-refractivity contribution is 7.98. The first-order chi connectivity index (χ1) is 10.1. The first kappa shape index (κ1) is 16.2. The van der Waals surface area contributed by atoms with E-state index in [4.69, 9.17) is 5.73 Å². The molecular weight excluding hydrogens is 286 g/mol. The van der Waals surface area contributed by atoms with Gasteiger partial charge in [0.1, 0.15) is 12.4 Å². The number of rotatable bonds is 6. The number of hydrogen-bond acceptors (Lipinski definition) is 5. The topological polar surface area (TPSA) is 76.2 Å². The largest absolute Gasteiger partial charge is 0.384 e. The molecule has 1 amide bonds. The molecule has 2 heterocycles. The van der Waals surface area contributed by atoms with E-state index >= 15 is 0 Å². The standard InChI is InChI=1S/C14H25N5OS/c1-11-9-13(15)19(17-11)10-14(20)16-12-3-5-18(6-4-12)7-8-21-2/h9,12H,3-8,10,15H2,1-2H3,(H,16,20). The lowest BCUT2D eigenvalue weighted by Crippen LogP contribution is -2.46. The molecule has 6 nitrogen and oxygen atoms in total. The van der Waals surface area contributed by atoms with E-state index in [1.165, 1.54) is 5.75 Å². The van der Waals surface area contributed by atoms with Crippen LogP contribution in [0.4, 0.5) is 5.82 Å². The number of carbonyl (C=O) groups excluding carboxylic acids is 1. The first-order valence-electron chi connectivity index (χ1n) is 7.39. The van der Waals surface area contributed by atoms with Crippen LogP contribution in [0.1, 0.15) is 18.5 Å². The Morgan fingerprint density at radius 2 is 2.24 bits per heavy atom. The van der Waals surface area contributed by atoms with Gasteiger partial charge in [-0.05, 0) is 26.0 Å². The third-order valence-electron chi connectivity index (χ3n) is 3.79. The SMILES string of the molecule is CSCCN1CCC(NC(=O)Cn2nc(C)cc2N)CC1. The molecule has 1 aliphatic rings. The van der Waals surface area contributed by atoms with Gasteiger partial charge < -0.3 is 16.0 Å². The second kappa shape index (κ2) is 7.70. The highest BCUT2D eigenvalue weighted by Gasteiger charge is 2.20. The molecule has 1 saturated heterocycles. The number of piperidine rings is 1. The summed E-state index contributed by atoms with van der Waals surface area (Å²) in [7, 11) is 0. The number of hydrogen-bond donors (Lipinski definition) is 2. The number of thioether (sulfide) groups is 1. The fourth-order valence-electron chi connectivity index (χ4n) is 2.62. The van der Waals surface area contributed by atoms with Crippen molar-refractivity contribution in [2.45, 2.75) is 32.4 Å². The van der Waals surface area contributed by atoms with Crippen LogP contribution in [0.25, 0.3) is 0 Å². The van der Waals surface area contributed by atoms with Gasteiger partial charge in [0.05, 0.1) is 5.69 Å². The molecule has 1 aromatic rings. The highest BCUT2D eigenvalue weighted by Crippen LogP contribution is 2.11. The van der Waals surface area contributed by atoms with Gasteiger partial charge in [-0.1, -0.05) is 0 Å². The molecule has 1 fully saturated rings. The molecule has 0 aliphatic carbocycles. The number of nitrogens with zero attached hydrogens (tertiary/aromatic N) is 3. The molecule has 1 aromatic heterocycles. The van der Waals surface area contributed by atoms with Gasteiger partial charge in [-0.2, -0.15) is 16.9 Å². The third kappa shape index (κ3) is 4.93. The summed E-state index contributed by atoms with van der Waals surface area (Å²) >= 11 is 1.88. The first-order valence-corrected chi connectivity index (χ1v) is 8.78. The Morgan fingerprint density at radius 1 is 1.52 bits per heavy atom. The van der Waals surface area contributed by atoms with Crippen LogP contribution in [0.15, 0.2) is 6.07 Å². The second-order valence-electron chi connectivity index (χ2n) is 5.54. The van der Waals surface area contributed by atoms with E-state index in [0.717, 1.165) is 38.2 Å². The average molecular weight is 311 g/mol. The van der Waals surface area contributed by atoms with Crippen molar-refractivity contribution in [3.63, 3.8) is 0 Å². The Kier molecular flexibility index (Phi) is 5.93. The molecule has 0 spiro atoms. The number of anilines is 1. The minimum atomic E-state index is -0.00707. The highest BCUT2D eigenvalue weighted by atomic mass is 32.2. The molecule has 118 valence electrons. The Balaban J connectivity index is 1.73. The van der Waals surface area contributed by atoms with Crippen molar-refractivity contribution in [1.29, 1.82) is 0 Å². The molecule has 0 atom stereocenters. The van der Waals surface area contributed by atoms with Crippen molar-refractivity contribution in [2.24, 2.45) is 0 Å².